The van der Waals surface area contributed by atoms with Crippen LogP contribution in [0.3, 0.4) is 0 Å². The summed E-state index contributed by atoms with van der Waals surface area (Å²) in [6, 6.07) is 32.1. The molecular formula is C23H19P. The lowest BCUT2D eigenvalue weighted by Crippen LogP contribution is -2.26. The van der Waals surface area contributed by atoms with Crippen LogP contribution in [0.1, 0.15) is 0 Å². The van der Waals surface area contributed by atoms with Gasteiger partial charge in [-0.2, -0.15) is 0 Å². The fraction of sp³-hybridized carbons (Fsp3) is 0. The molecular weight excluding hydrogens is 307 g/mol. The molecule has 116 valence electrons. The van der Waals surface area contributed by atoms with Gasteiger partial charge >= 0.3 is 0 Å². The Hall–Kier alpha value is -2.74. The molecule has 0 saturated heterocycles. The third kappa shape index (κ3) is 3.13. The van der Waals surface area contributed by atoms with Crippen molar-refractivity contribution in [2.75, 3.05) is 0 Å². The van der Waals surface area contributed by atoms with E-state index in [1.165, 1.54) is 15.9 Å². The summed E-state index contributed by atoms with van der Waals surface area (Å²) in [4.78, 5) is 0. The molecule has 0 fully saturated rings. The van der Waals surface area contributed by atoms with Crippen LogP contribution in [-0.2, 0) is 0 Å². The Morgan fingerprint density at radius 2 is 1.00 bits per heavy atom. The van der Waals surface area contributed by atoms with Crippen molar-refractivity contribution in [3.63, 3.8) is 0 Å². The van der Waals surface area contributed by atoms with Gasteiger partial charge in [0.2, 0.25) is 0 Å². The van der Waals surface area contributed by atoms with E-state index < -0.39 is 6.89 Å². The van der Waals surface area contributed by atoms with Crippen molar-refractivity contribution in [2.45, 2.75) is 0 Å². The van der Waals surface area contributed by atoms with E-state index in [0.29, 0.717) is 0 Å². The number of hydrogen-bond donors (Lipinski definition) is 0. The highest BCUT2D eigenvalue weighted by atomic mass is 31.2. The molecule has 24 heavy (non-hydrogen) atoms. The molecule has 0 aliphatic rings. The summed E-state index contributed by atoms with van der Waals surface area (Å²) >= 11 is 0. The van der Waals surface area contributed by atoms with E-state index in [2.05, 4.69) is 103 Å². The van der Waals surface area contributed by atoms with Gasteiger partial charge in [0.15, 0.2) is 0 Å². The minimum Gasteiger partial charge on any atom is -0.115 e. The second-order valence-corrected chi connectivity index (χ2v) is 8.70. The van der Waals surface area contributed by atoms with Gasteiger partial charge in [-0.05, 0) is 28.9 Å². The first-order valence-corrected chi connectivity index (χ1v) is 9.76. The summed E-state index contributed by atoms with van der Waals surface area (Å²) in [5, 5.41) is 3.97. The zero-order chi connectivity index (χ0) is 16.7. The minimum atomic E-state index is -1.89. The zero-order valence-corrected chi connectivity index (χ0v) is 14.3. The van der Waals surface area contributed by atoms with Crippen LogP contribution in [0.5, 0.6) is 0 Å². The Morgan fingerprint density at radius 1 is 0.625 bits per heavy atom. The van der Waals surface area contributed by atoms with E-state index >= 15 is 0 Å². The molecule has 0 nitrogen and oxygen atoms in total. The molecule has 0 aliphatic carbocycles. The van der Waals surface area contributed by atoms with E-state index in [0.717, 1.165) is 0 Å². The highest BCUT2D eigenvalue weighted by Crippen LogP contribution is 2.43. The number of hydrogen-bond acceptors (Lipinski definition) is 0. The van der Waals surface area contributed by atoms with Crippen LogP contribution in [-0.4, -0.2) is 5.80 Å². The quantitative estimate of drug-likeness (QED) is 0.503. The smallest absolute Gasteiger partial charge is 0.0121 e. The summed E-state index contributed by atoms with van der Waals surface area (Å²) in [6.45, 7) is -1.89. The molecule has 0 heterocycles. The molecule has 3 rings (SSSR count). The number of rotatable bonds is 4. The van der Waals surface area contributed by atoms with Crippen molar-refractivity contribution in [1.82, 2.24) is 0 Å². The third-order valence-electron chi connectivity index (χ3n) is 3.99. The minimum absolute atomic E-state index is 1.32. The molecule has 0 amide bonds. The second-order valence-electron chi connectivity index (χ2n) is 5.40. The largest absolute Gasteiger partial charge is 0.115 e. The maximum absolute atomic E-state index is 5.43. The lowest BCUT2D eigenvalue weighted by molar-refractivity contribution is 1.73. The molecule has 0 atom stereocenters. The average Bonchev–Trinajstić information content (AvgIpc) is 2.68. The first-order valence-electron chi connectivity index (χ1n) is 7.91. The van der Waals surface area contributed by atoms with Gasteiger partial charge in [0.05, 0.1) is 0 Å². The Balaban J connectivity index is 2.40. The zero-order valence-electron chi connectivity index (χ0n) is 13.4. The summed E-state index contributed by atoms with van der Waals surface area (Å²) in [5.41, 5.74) is 0. The van der Waals surface area contributed by atoms with Crippen molar-refractivity contribution in [1.29, 1.82) is 0 Å². The number of benzene rings is 3. The molecule has 3 aromatic carbocycles. The summed E-state index contributed by atoms with van der Waals surface area (Å²) in [5.74, 6) is 4.90. The van der Waals surface area contributed by atoms with E-state index in [4.69, 9.17) is 6.42 Å². The standard InChI is InChI=1S/C23H19P/c1-2-3-13-20-24(21-14-7-4-8-15-21,22-16-9-5-10-17-22)23-18-11-6-12-19-23/h1,3-20H. The molecule has 0 saturated carbocycles. The molecule has 0 spiro atoms. The van der Waals surface area contributed by atoms with Gasteiger partial charge in [0, 0.05) is 0 Å². The van der Waals surface area contributed by atoms with Crippen molar-refractivity contribution in [3.8, 4) is 12.3 Å². The topological polar surface area (TPSA) is 0 Å². The van der Waals surface area contributed by atoms with E-state index in [9.17, 15) is 0 Å². The molecule has 1 heteroatoms. The fourth-order valence-electron chi connectivity index (χ4n) is 2.92. The van der Waals surface area contributed by atoms with Gasteiger partial charge in [0.1, 0.15) is 0 Å². The van der Waals surface area contributed by atoms with Crippen LogP contribution in [0.15, 0.2) is 103 Å². The van der Waals surface area contributed by atoms with Crippen molar-refractivity contribution in [3.05, 3.63) is 103 Å². The molecule has 0 bridgehead atoms. The summed E-state index contributed by atoms with van der Waals surface area (Å²) in [6.07, 6.45) is 9.21. The Kier molecular flexibility index (Phi) is 5.17. The maximum atomic E-state index is 5.43. The van der Waals surface area contributed by atoms with Crippen molar-refractivity contribution < 1.29 is 0 Å². The van der Waals surface area contributed by atoms with E-state index in [1.807, 2.05) is 6.08 Å². The second kappa shape index (κ2) is 7.69. The Bertz CT molecular complexity index is 795. The molecule has 0 aliphatic heterocycles. The fourth-order valence-corrected chi connectivity index (χ4v) is 6.60. The van der Waals surface area contributed by atoms with Gasteiger partial charge in [-0.3, -0.25) is 0 Å². The van der Waals surface area contributed by atoms with Crippen LogP contribution < -0.4 is 15.9 Å². The SMILES string of the molecule is C#CC=CC=P(c1ccccc1)(c1ccccc1)c1ccccc1. The predicted molar refractivity (Wildman–Crippen MR) is 109 cm³/mol. The van der Waals surface area contributed by atoms with Crippen molar-refractivity contribution in [2.24, 2.45) is 0 Å². The molecule has 3 aromatic rings. The van der Waals surface area contributed by atoms with Gasteiger partial charge in [-0.25, -0.2) is 0 Å². The first-order chi connectivity index (χ1) is 11.9. The van der Waals surface area contributed by atoms with Gasteiger partial charge < -0.3 is 0 Å². The van der Waals surface area contributed by atoms with Gasteiger partial charge in [0.25, 0.3) is 0 Å². The molecule has 0 N–H and O–H groups in total. The monoisotopic (exact) mass is 326 g/mol. The van der Waals surface area contributed by atoms with Gasteiger partial charge in [-0.15, -0.1) is 6.42 Å². The van der Waals surface area contributed by atoms with Crippen molar-refractivity contribution >= 4 is 28.6 Å². The molecule has 0 radical (unpaired) electrons. The highest BCUT2D eigenvalue weighted by Gasteiger charge is 2.23. The lowest BCUT2D eigenvalue weighted by atomic mass is 10.4. The maximum Gasteiger partial charge on any atom is -0.0121 e. The van der Waals surface area contributed by atoms with E-state index in [-0.39, 0.29) is 0 Å². The summed E-state index contributed by atoms with van der Waals surface area (Å²) < 4.78 is 0. The molecule has 0 unspecified atom stereocenters. The number of terminal acetylenes is 1. The Morgan fingerprint density at radius 3 is 1.33 bits per heavy atom. The normalized spacial score (nSPS) is 11.1. The van der Waals surface area contributed by atoms with Gasteiger partial charge in [-0.1, -0.05) is 109 Å². The van der Waals surface area contributed by atoms with Crippen LogP contribution in [0.25, 0.3) is 0 Å². The Labute approximate surface area is 144 Å². The van der Waals surface area contributed by atoms with Crippen LogP contribution in [0.2, 0.25) is 0 Å². The predicted octanol–water partition coefficient (Wildman–Crippen LogP) is 3.97. The van der Waals surface area contributed by atoms with Crippen LogP contribution >= 0.6 is 6.89 Å². The third-order valence-corrected chi connectivity index (χ3v) is 7.95. The van der Waals surface area contributed by atoms with Crippen LogP contribution in [0, 0.1) is 12.3 Å². The average molecular weight is 326 g/mol. The summed E-state index contributed by atoms with van der Waals surface area (Å²) in [7, 11) is 0. The molecule has 0 aromatic heterocycles. The van der Waals surface area contributed by atoms with Crippen LogP contribution in [0.4, 0.5) is 0 Å². The van der Waals surface area contributed by atoms with E-state index in [1.54, 1.807) is 6.08 Å². The highest BCUT2D eigenvalue weighted by molar-refractivity contribution is 7.94. The number of allylic oxidation sites excluding steroid dienone is 2. The first kappa shape index (κ1) is 16.1. The lowest BCUT2D eigenvalue weighted by Gasteiger charge is -2.28.